The summed E-state index contributed by atoms with van der Waals surface area (Å²) in [5.74, 6) is 1.51. The average molecular weight is 215 g/mol. The van der Waals surface area contributed by atoms with Gasteiger partial charge in [-0.3, -0.25) is 4.79 Å². The third-order valence-electron chi connectivity index (χ3n) is 2.71. The Morgan fingerprint density at radius 2 is 2.14 bits per heavy atom. The summed E-state index contributed by atoms with van der Waals surface area (Å²) in [6.07, 6.45) is 1.95. The van der Waals surface area contributed by atoms with Crippen molar-refractivity contribution in [2.24, 2.45) is 0 Å². The predicted octanol–water partition coefficient (Wildman–Crippen LogP) is 2.18. The van der Waals surface area contributed by atoms with Gasteiger partial charge in [0.2, 0.25) is 0 Å². The van der Waals surface area contributed by atoms with Crippen molar-refractivity contribution in [1.29, 1.82) is 0 Å². The third kappa shape index (κ3) is 4.47. The standard InChI is InChI=1S/C11H21NOS/c1-10(13)4-6-12-7-5-11(2,3)14-9-8-12/h4-9H2,1-3H3. The fraction of sp³-hybridized carbons (Fsp3) is 0.909. The maximum absolute atomic E-state index is 10.9. The monoisotopic (exact) mass is 215 g/mol. The summed E-state index contributed by atoms with van der Waals surface area (Å²) >= 11 is 2.05. The molecule has 0 aromatic rings. The minimum Gasteiger partial charge on any atom is -0.302 e. The largest absolute Gasteiger partial charge is 0.302 e. The molecular weight excluding hydrogens is 194 g/mol. The predicted molar refractivity (Wildman–Crippen MR) is 62.9 cm³/mol. The van der Waals surface area contributed by atoms with E-state index in [0.29, 0.717) is 17.0 Å². The van der Waals surface area contributed by atoms with E-state index in [4.69, 9.17) is 0 Å². The van der Waals surface area contributed by atoms with Gasteiger partial charge in [-0.15, -0.1) is 0 Å². The lowest BCUT2D eigenvalue weighted by atomic mass is 10.1. The molecule has 82 valence electrons. The average Bonchev–Trinajstić information content (AvgIpc) is 2.23. The van der Waals surface area contributed by atoms with Gasteiger partial charge in [0.15, 0.2) is 0 Å². The van der Waals surface area contributed by atoms with E-state index in [0.717, 1.165) is 19.6 Å². The second kappa shape index (κ2) is 5.17. The van der Waals surface area contributed by atoms with Crippen LogP contribution in [0.15, 0.2) is 0 Å². The van der Waals surface area contributed by atoms with Crippen LogP contribution in [-0.2, 0) is 4.79 Å². The lowest BCUT2D eigenvalue weighted by molar-refractivity contribution is -0.117. The summed E-state index contributed by atoms with van der Waals surface area (Å²) < 4.78 is 0.422. The Kier molecular flexibility index (Phi) is 4.45. The molecule has 0 N–H and O–H groups in total. The van der Waals surface area contributed by atoms with E-state index in [1.807, 2.05) is 0 Å². The molecule has 0 aliphatic carbocycles. The van der Waals surface area contributed by atoms with Crippen LogP contribution >= 0.6 is 11.8 Å². The Morgan fingerprint density at radius 1 is 1.43 bits per heavy atom. The first-order valence-electron chi connectivity index (χ1n) is 5.35. The first kappa shape index (κ1) is 12.1. The van der Waals surface area contributed by atoms with Crippen LogP contribution in [-0.4, -0.2) is 40.8 Å². The molecule has 1 rings (SSSR count). The van der Waals surface area contributed by atoms with Gasteiger partial charge in [0.1, 0.15) is 5.78 Å². The van der Waals surface area contributed by atoms with Crippen LogP contribution in [0.1, 0.15) is 33.6 Å². The second-order valence-electron chi connectivity index (χ2n) is 4.65. The van der Waals surface area contributed by atoms with Gasteiger partial charge in [-0.05, 0) is 19.9 Å². The van der Waals surface area contributed by atoms with Crippen molar-refractivity contribution in [2.75, 3.05) is 25.4 Å². The maximum Gasteiger partial charge on any atom is 0.131 e. The number of carbonyl (C=O) groups is 1. The summed E-state index contributed by atoms with van der Waals surface area (Å²) in [7, 11) is 0. The Bertz CT molecular complexity index is 203. The third-order valence-corrected chi connectivity index (χ3v) is 4.08. The molecule has 1 aliphatic rings. The quantitative estimate of drug-likeness (QED) is 0.720. The smallest absolute Gasteiger partial charge is 0.131 e. The number of carbonyl (C=O) groups excluding carboxylic acids is 1. The molecule has 1 heterocycles. The van der Waals surface area contributed by atoms with Crippen molar-refractivity contribution >= 4 is 17.5 Å². The molecule has 1 saturated heterocycles. The lowest BCUT2D eigenvalue weighted by Gasteiger charge is -2.22. The Hall–Kier alpha value is -0.0200. The van der Waals surface area contributed by atoms with E-state index in [-0.39, 0.29) is 0 Å². The van der Waals surface area contributed by atoms with Gasteiger partial charge in [0, 0.05) is 30.0 Å². The fourth-order valence-electron chi connectivity index (χ4n) is 1.60. The number of hydrogen-bond acceptors (Lipinski definition) is 3. The van der Waals surface area contributed by atoms with E-state index in [1.165, 1.54) is 12.2 Å². The summed E-state index contributed by atoms with van der Waals surface area (Å²) in [6.45, 7) is 9.54. The van der Waals surface area contributed by atoms with Crippen LogP contribution in [0.2, 0.25) is 0 Å². The zero-order valence-corrected chi connectivity index (χ0v) is 10.3. The van der Waals surface area contributed by atoms with Crippen LogP contribution in [0.3, 0.4) is 0 Å². The zero-order valence-electron chi connectivity index (χ0n) is 9.51. The first-order chi connectivity index (χ1) is 6.49. The molecule has 0 aromatic carbocycles. The highest BCUT2D eigenvalue weighted by Crippen LogP contribution is 2.30. The van der Waals surface area contributed by atoms with Crippen molar-refractivity contribution < 1.29 is 4.79 Å². The van der Waals surface area contributed by atoms with E-state index >= 15 is 0 Å². The van der Waals surface area contributed by atoms with Gasteiger partial charge in [0.05, 0.1) is 0 Å². The number of ketones is 1. The topological polar surface area (TPSA) is 20.3 Å². The van der Waals surface area contributed by atoms with Gasteiger partial charge in [-0.25, -0.2) is 0 Å². The SMILES string of the molecule is CC(=O)CCN1CCSC(C)(C)CC1. The highest BCUT2D eigenvalue weighted by molar-refractivity contribution is 8.00. The Labute approximate surface area is 91.4 Å². The van der Waals surface area contributed by atoms with Gasteiger partial charge >= 0.3 is 0 Å². The molecule has 3 heteroatoms. The molecular formula is C11H21NOS. The maximum atomic E-state index is 10.9. The molecule has 0 bridgehead atoms. The minimum atomic E-state index is 0.307. The molecule has 0 amide bonds. The lowest BCUT2D eigenvalue weighted by Crippen LogP contribution is -2.29. The van der Waals surface area contributed by atoms with E-state index < -0.39 is 0 Å². The van der Waals surface area contributed by atoms with Crippen LogP contribution in [0.25, 0.3) is 0 Å². The Morgan fingerprint density at radius 3 is 2.79 bits per heavy atom. The second-order valence-corrected chi connectivity index (χ2v) is 6.45. The first-order valence-corrected chi connectivity index (χ1v) is 6.34. The van der Waals surface area contributed by atoms with Crippen molar-refractivity contribution in [2.45, 2.75) is 38.4 Å². The van der Waals surface area contributed by atoms with Crippen molar-refractivity contribution in [3.8, 4) is 0 Å². The molecule has 0 aromatic heterocycles. The number of rotatable bonds is 3. The number of hydrogen-bond donors (Lipinski definition) is 0. The molecule has 0 unspecified atom stereocenters. The van der Waals surface area contributed by atoms with E-state index in [1.54, 1.807) is 6.92 Å². The number of nitrogens with zero attached hydrogens (tertiary/aromatic N) is 1. The highest BCUT2D eigenvalue weighted by Gasteiger charge is 2.23. The molecule has 1 aliphatic heterocycles. The summed E-state index contributed by atoms with van der Waals surface area (Å²) in [4.78, 5) is 13.3. The van der Waals surface area contributed by atoms with Crippen LogP contribution < -0.4 is 0 Å². The van der Waals surface area contributed by atoms with Gasteiger partial charge in [0.25, 0.3) is 0 Å². The zero-order chi connectivity index (χ0) is 10.6. The molecule has 0 radical (unpaired) electrons. The Balaban J connectivity index is 2.31. The minimum absolute atomic E-state index is 0.307. The van der Waals surface area contributed by atoms with Crippen molar-refractivity contribution in [3.05, 3.63) is 0 Å². The summed E-state index contributed by atoms with van der Waals surface area (Å²) in [6, 6.07) is 0. The highest BCUT2D eigenvalue weighted by atomic mass is 32.2. The number of Topliss-reactive ketones (excluding diaryl/α,β-unsaturated/α-hetero) is 1. The van der Waals surface area contributed by atoms with Gasteiger partial charge in [-0.2, -0.15) is 11.8 Å². The molecule has 1 fully saturated rings. The van der Waals surface area contributed by atoms with Gasteiger partial charge < -0.3 is 4.90 Å². The molecule has 14 heavy (non-hydrogen) atoms. The van der Waals surface area contributed by atoms with Gasteiger partial charge in [-0.1, -0.05) is 13.8 Å². The van der Waals surface area contributed by atoms with Crippen LogP contribution in [0, 0.1) is 0 Å². The molecule has 0 spiro atoms. The normalized spacial score (nSPS) is 23.1. The fourth-order valence-corrected chi connectivity index (χ4v) is 2.74. The molecule has 0 atom stereocenters. The van der Waals surface area contributed by atoms with Crippen molar-refractivity contribution in [3.63, 3.8) is 0 Å². The van der Waals surface area contributed by atoms with E-state index in [9.17, 15) is 4.79 Å². The molecule has 0 saturated carbocycles. The summed E-state index contributed by atoms with van der Waals surface area (Å²) in [5.41, 5.74) is 0. The van der Waals surface area contributed by atoms with Crippen LogP contribution in [0.4, 0.5) is 0 Å². The summed E-state index contributed by atoms with van der Waals surface area (Å²) in [5, 5.41) is 0. The van der Waals surface area contributed by atoms with Crippen LogP contribution in [0.5, 0.6) is 0 Å². The number of thioether (sulfide) groups is 1. The van der Waals surface area contributed by atoms with Crippen molar-refractivity contribution in [1.82, 2.24) is 4.90 Å². The molecule has 2 nitrogen and oxygen atoms in total. The van der Waals surface area contributed by atoms with E-state index in [2.05, 4.69) is 30.5 Å².